The maximum atomic E-state index is 13.1. The Bertz CT molecular complexity index is 1100. The second-order valence-electron chi connectivity index (χ2n) is 8.68. The van der Waals surface area contributed by atoms with Crippen molar-refractivity contribution in [1.29, 1.82) is 0 Å². The second-order valence-corrected chi connectivity index (χ2v) is 11.5. The largest absolute Gasteiger partial charge is 0.349 e. The van der Waals surface area contributed by atoms with Gasteiger partial charge in [0.05, 0.1) is 17.7 Å². The van der Waals surface area contributed by atoms with Crippen LogP contribution in [0.2, 0.25) is 10.0 Å². The van der Waals surface area contributed by atoms with Crippen LogP contribution in [0.3, 0.4) is 0 Å². The van der Waals surface area contributed by atoms with Gasteiger partial charge in [0, 0.05) is 28.7 Å². The van der Waals surface area contributed by atoms with Crippen molar-refractivity contribution in [1.82, 2.24) is 9.62 Å². The van der Waals surface area contributed by atoms with Crippen molar-refractivity contribution in [2.75, 3.05) is 13.1 Å². The highest BCUT2D eigenvalue weighted by atomic mass is 35.5. The van der Waals surface area contributed by atoms with Crippen LogP contribution in [0.25, 0.3) is 0 Å². The van der Waals surface area contributed by atoms with E-state index < -0.39 is 15.9 Å². The summed E-state index contributed by atoms with van der Waals surface area (Å²) in [5.41, 5.74) is 5.00. The van der Waals surface area contributed by atoms with Crippen molar-refractivity contribution in [3.8, 4) is 0 Å². The van der Waals surface area contributed by atoms with E-state index in [9.17, 15) is 13.2 Å². The lowest BCUT2D eigenvalue weighted by Crippen LogP contribution is -2.46. The van der Waals surface area contributed by atoms with Gasteiger partial charge in [0.2, 0.25) is 15.9 Å². The molecule has 0 aliphatic carbocycles. The summed E-state index contributed by atoms with van der Waals surface area (Å²) in [5, 5.41) is 3.74. The number of sulfonamides is 1. The lowest BCUT2D eigenvalue weighted by atomic mass is 9.95. The summed E-state index contributed by atoms with van der Waals surface area (Å²) < 4.78 is 27.5. The zero-order valence-electron chi connectivity index (χ0n) is 18.9. The van der Waals surface area contributed by atoms with Crippen molar-refractivity contribution >= 4 is 39.1 Å². The van der Waals surface area contributed by atoms with E-state index in [4.69, 9.17) is 23.2 Å². The van der Waals surface area contributed by atoms with E-state index >= 15 is 0 Å². The second kappa shape index (κ2) is 10.1. The summed E-state index contributed by atoms with van der Waals surface area (Å²) >= 11 is 12.3. The molecule has 2 aromatic carbocycles. The fraction of sp³-hybridized carbons (Fsp3) is 0.458. The number of nitrogens with one attached hydrogen (secondary N) is 1. The first-order chi connectivity index (χ1) is 15.0. The molecule has 0 aromatic heterocycles. The van der Waals surface area contributed by atoms with Crippen molar-refractivity contribution in [2.24, 2.45) is 5.92 Å². The molecule has 2 aromatic rings. The number of aryl methyl sites for hydroxylation is 3. The van der Waals surface area contributed by atoms with E-state index in [2.05, 4.69) is 31.3 Å². The Morgan fingerprint density at radius 1 is 1.12 bits per heavy atom. The number of halogens is 2. The summed E-state index contributed by atoms with van der Waals surface area (Å²) in [4.78, 5) is 13.0. The highest BCUT2D eigenvalue weighted by Gasteiger charge is 2.33. The molecule has 1 saturated heterocycles. The van der Waals surface area contributed by atoms with Gasteiger partial charge in [0.1, 0.15) is 0 Å². The zero-order valence-corrected chi connectivity index (χ0v) is 21.2. The Morgan fingerprint density at radius 2 is 1.75 bits per heavy atom. The molecule has 2 atom stereocenters. The van der Waals surface area contributed by atoms with E-state index in [1.165, 1.54) is 15.4 Å². The van der Waals surface area contributed by atoms with Gasteiger partial charge in [0.15, 0.2) is 0 Å². The topological polar surface area (TPSA) is 66.5 Å². The first-order valence-corrected chi connectivity index (χ1v) is 13.1. The van der Waals surface area contributed by atoms with Gasteiger partial charge in [-0.2, -0.15) is 0 Å². The molecule has 0 radical (unpaired) electrons. The molecule has 3 rings (SSSR count). The van der Waals surface area contributed by atoms with Gasteiger partial charge in [-0.1, -0.05) is 41.4 Å². The Morgan fingerprint density at radius 3 is 2.41 bits per heavy atom. The number of hydrogen-bond donors (Lipinski definition) is 1. The van der Waals surface area contributed by atoms with Crippen LogP contribution in [0.15, 0.2) is 30.3 Å². The average Bonchev–Trinajstić information content (AvgIpc) is 2.73. The molecule has 1 aliphatic heterocycles. The number of carbonyl (C=O) groups excluding carboxylic acids is 1. The summed E-state index contributed by atoms with van der Waals surface area (Å²) in [6.45, 7) is 8.68. The predicted octanol–water partition coefficient (Wildman–Crippen LogP) is 5.34. The van der Waals surface area contributed by atoms with E-state index in [-0.39, 0.29) is 24.2 Å². The smallest absolute Gasteiger partial charge is 0.224 e. The van der Waals surface area contributed by atoms with Gasteiger partial charge >= 0.3 is 0 Å². The first-order valence-electron chi connectivity index (χ1n) is 10.8. The summed E-state index contributed by atoms with van der Waals surface area (Å²) in [5.74, 6) is -0.793. The highest BCUT2D eigenvalue weighted by Crippen LogP contribution is 2.29. The summed E-state index contributed by atoms with van der Waals surface area (Å²) in [6.07, 6.45) is 1.29. The predicted molar refractivity (Wildman–Crippen MR) is 131 cm³/mol. The van der Waals surface area contributed by atoms with Crippen LogP contribution in [0.5, 0.6) is 0 Å². The van der Waals surface area contributed by atoms with Crippen LogP contribution in [0.1, 0.15) is 53.6 Å². The van der Waals surface area contributed by atoms with Gasteiger partial charge < -0.3 is 5.32 Å². The summed E-state index contributed by atoms with van der Waals surface area (Å²) in [6, 6.07) is 9.01. The third-order valence-electron chi connectivity index (χ3n) is 6.24. The Balaban J connectivity index is 1.70. The van der Waals surface area contributed by atoms with E-state index in [0.717, 1.165) is 11.1 Å². The third kappa shape index (κ3) is 5.66. The Labute approximate surface area is 201 Å². The van der Waals surface area contributed by atoms with Crippen molar-refractivity contribution < 1.29 is 13.2 Å². The number of amides is 1. The molecule has 174 valence electrons. The fourth-order valence-electron chi connectivity index (χ4n) is 4.21. The monoisotopic (exact) mass is 496 g/mol. The molecular formula is C24H30Cl2N2O3S. The number of nitrogens with zero attached hydrogens (tertiary/aromatic N) is 1. The van der Waals surface area contributed by atoms with Crippen molar-refractivity contribution in [3.63, 3.8) is 0 Å². The van der Waals surface area contributed by atoms with Crippen LogP contribution in [-0.4, -0.2) is 31.7 Å². The normalized spacial score (nSPS) is 18.4. The number of benzene rings is 2. The van der Waals surface area contributed by atoms with Crippen LogP contribution in [0.4, 0.5) is 0 Å². The molecule has 1 N–H and O–H groups in total. The number of rotatable bonds is 6. The Kier molecular flexibility index (Phi) is 7.92. The lowest BCUT2D eigenvalue weighted by molar-refractivity contribution is -0.126. The molecule has 5 nitrogen and oxygen atoms in total. The molecule has 1 fully saturated rings. The molecule has 0 saturated carbocycles. The molecule has 0 bridgehead atoms. The van der Waals surface area contributed by atoms with Crippen LogP contribution >= 0.6 is 23.2 Å². The van der Waals surface area contributed by atoms with Gasteiger partial charge in [-0.25, -0.2) is 12.7 Å². The van der Waals surface area contributed by atoms with E-state index in [1.807, 2.05) is 13.8 Å². The van der Waals surface area contributed by atoms with Gasteiger partial charge in [0.25, 0.3) is 0 Å². The minimum Gasteiger partial charge on any atom is -0.349 e. The maximum absolute atomic E-state index is 13.1. The SMILES string of the molecule is Cc1cc(C)c([C@@H](C)NC(=O)[C@H]2CCCN(S(=O)(=O)Cc3c(Cl)cccc3Cl)C2)cc1C. The van der Waals surface area contributed by atoms with Crippen molar-refractivity contribution in [2.45, 2.75) is 52.3 Å². The lowest BCUT2D eigenvalue weighted by Gasteiger charge is -2.32. The average molecular weight is 497 g/mol. The minimum atomic E-state index is -3.66. The summed E-state index contributed by atoms with van der Waals surface area (Å²) in [7, 11) is -3.66. The van der Waals surface area contributed by atoms with Crippen LogP contribution in [0, 0.1) is 26.7 Å². The van der Waals surface area contributed by atoms with E-state index in [0.29, 0.717) is 35.0 Å². The number of carbonyl (C=O) groups is 1. The molecule has 1 aliphatic rings. The van der Waals surface area contributed by atoms with Crippen LogP contribution in [-0.2, 0) is 20.6 Å². The maximum Gasteiger partial charge on any atom is 0.224 e. The quantitative estimate of drug-likeness (QED) is 0.586. The minimum absolute atomic E-state index is 0.120. The number of hydrogen-bond acceptors (Lipinski definition) is 3. The van der Waals surface area contributed by atoms with Crippen molar-refractivity contribution in [3.05, 3.63) is 68.2 Å². The standard InChI is InChI=1S/C24H30Cl2N2O3S/c1-15-11-17(3)20(12-16(15)2)18(4)27-24(29)19-7-6-10-28(13-19)32(30,31)14-21-22(25)8-5-9-23(21)26/h5,8-9,11-12,18-19H,6-7,10,13-14H2,1-4H3,(H,27,29)/t18-,19+/m1/s1. The molecule has 0 spiro atoms. The molecular weight excluding hydrogens is 467 g/mol. The number of piperidine rings is 1. The third-order valence-corrected chi connectivity index (χ3v) is 8.72. The fourth-order valence-corrected chi connectivity index (χ4v) is 6.57. The molecule has 1 amide bonds. The Hall–Kier alpha value is -1.60. The first kappa shape index (κ1) is 25.0. The van der Waals surface area contributed by atoms with E-state index in [1.54, 1.807) is 18.2 Å². The molecule has 0 unspecified atom stereocenters. The van der Waals surface area contributed by atoms with Crippen LogP contribution < -0.4 is 5.32 Å². The highest BCUT2D eigenvalue weighted by molar-refractivity contribution is 7.88. The van der Waals surface area contributed by atoms with Gasteiger partial charge in [-0.3, -0.25) is 4.79 Å². The molecule has 32 heavy (non-hydrogen) atoms. The molecule has 8 heteroatoms. The van der Waals surface area contributed by atoms with Gasteiger partial charge in [-0.05, 0) is 74.9 Å². The molecule has 1 heterocycles. The van der Waals surface area contributed by atoms with Gasteiger partial charge in [-0.15, -0.1) is 0 Å². The zero-order chi connectivity index (χ0) is 23.6.